The Kier molecular flexibility index (Phi) is 14.9. The summed E-state index contributed by atoms with van der Waals surface area (Å²) in [6.07, 6.45) is 8.06. The maximum absolute atomic E-state index is 13.1. The number of carbonyl (C=O) groups is 2. The molecule has 0 heterocycles. The second-order valence-electron chi connectivity index (χ2n) is 8.78. The van der Waals surface area contributed by atoms with Gasteiger partial charge in [-0.3, -0.25) is 9.59 Å². The quantitative estimate of drug-likeness (QED) is 0.310. The van der Waals surface area contributed by atoms with Gasteiger partial charge in [-0.25, -0.2) is 0 Å². The predicted octanol–water partition coefficient (Wildman–Crippen LogP) is 3.88. The van der Waals surface area contributed by atoms with Gasteiger partial charge in [-0.1, -0.05) is 83.4 Å². The number of nitrogens with zero attached hydrogens (tertiary/aromatic N) is 1. The van der Waals surface area contributed by atoms with E-state index in [-0.39, 0.29) is 30.3 Å². The number of hydrogen-bond acceptors (Lipinski definition) is 4. The van der Waals surface area contributed by atoms with Crippen LogP contribution < -0.4 is 16.0 Å². The zero-order valence-electron chi connectivity index (χ0n) is 21.5. The van der Waals surface area contributed by atoms with Crippen LogP contribution in [-0.2, 0) is 16.0 Å². The Labute approximate surface area is 201 Å². The third kappa shape index (κ3) is 11.9. The highest BCUT2D eigenvalue weighted by Gasteiger charge is 2.26. The van der Waals surface area contributed by atoms with Crippen LogP contribution in [0.4, 0.5) is 0 Å². The zero-order valence-corrected chi connectivity index (χ0v) is 21.5. The largest absolute Gasteiger partial charge is 0.378 e. The Balaban J connectivity index is 2.56. The molecule has 6 heteroatoms. The molecule has 1 rings (SSSR count). The van der Waals surface area contributed by atoms with Gasteiger partial charge in [0.15, 0.2) is 0 Å². The van der Waals surface area contributed by atoms with Crippen LogP contribution in [0.3, 0.4) is 0 Å². The number of likely N-dealkylation sites (N-methyl/N-ethyl adjacent to an activating group) is 2. The van der Waals surface area contributed by atoms with Gasteiger partial charge in [-0.05, 0) is 37.3 Å². The van der Waals surface area contributed by atoms with Crippen molar-refractivity contribution in [1.82, 2.24) is 20.9 Å². The Hall–Kier alpha value is -2.34. The number of hydrogen-bond donors (Lipinski definition) is 3. The smallest absolute Gasteiger partial charge is 0.240 e. The van der Waals surface area contributed by atoms with Gasteiger partial charge in [-0.2, -0.15) is 0 Å². The molecule has 2 unspecified atom stereocenters. The summed E-state index contributed by atoms with van der Waals surface area (Å²) in [6, 6.07) is 10.1. The van der Waals surface area contributed by atoms with Crippen LogP contribution >= 0.6 is 0 Å². The molecule has 0 fully saturated rings. The average Bonchev–Trinajstić information content (AvgIpc) is 2.83. The Morgan fingerprint density at radius 3 is 2.42 bits per heavy atom. The highest BCUT2D eigenvalue weighted by molar-refractivity contribution is 5.82. The zero-order chi connectivity index (χ0) is 24.5. The molecule has 2 atom stereocenters. The van der Waals surface area contributed by atoms with E-state index < -0.39 is 0 Å². The van der Waals surface area contributed by atoms with Gasteiger partial charge in [0, 0.05) is 19.3 Å². The first-order valence-corrected chi connectivity index (χ1v) is 12.6. The van der Waals surface area contributed by atoms with Gasteiger partial charge in [0.25, 0.3) is 0 Å². The van der Waals surface area contributed by atoms with Gasteiger partial charge in [0.1, 0.15) is 0 Å². The fourth-order valence-corrected chi connectivity index (χ4v) is 3.65. The van der Waals surface area contributed by atoms with E-state index in [1.807, 2.05) is 32.2 Å². The highest BCUT2D eigenvalue weighted by Crippen LogP contribution is 2.11. The third-order valence-electron chi connectivity index (χ3n) is 5.92. The number of amides is 2. The summed E-state index contributed by atoms with van der Waals surface area (Å²) in [5.74, 6) is 0.338. The van der Waals surface area contributed by atoms with Crippen molar-refractivity contribution in [3.05, 3.63) is 47.7 Å². The maximum Gasteiger partial charge on any atom is 0.240 e. The van der Waals surface area contributed by atoms with Crippen molar-refractivity contribution >= 4 is 11.8 Å². The molecule has 0 spiro atoms. The topological polar surface area (TPSA) is 73.5 Å². The van der Waals surface area contributed by atoms with Crippen LogP contribution in [0.1, 0.15) is 65.4 Å². The Bertz CT molecular complexity index is 705. The summed E-state index contributed by atoms with van der Waals surface area (Å²) in [4.78, 5) is 27.2. The molecule has 0 saturated carbocycles. The molecule has 6 nitrogen and oxygen atoms in total. The number of allylic oxidation sites excluding steroid dienone is 1. The molecule has 0 aliphatic heterocycles. The van der Waals surface area contributed by atoms with Crippen molar-refractivity contribution in [1.29, 1.82) is 0 Å². The van der Waals surface area contributed by atoms with E-state index in [0.29, 0.717) is 13.1 Å². The fourth-order valence-electron chi connectivity index (χ4n) is 3.65. The second-order valence-corrected chi connectivity index (χ2v) is 8.78. The van der Waals surface area contributed by atoms with E-state index in [2.05, 4.69) is 54.9 Å². The summed E-state index contributed by atoms with van der Waals surface area (Å²) >= 11 is 0. The lowest BCUT2D eigenvalue weighted by atomic mass is 9.98. The molecule has 33 heavy (non-hydrogen) atoms. The Morgan fingerprint density at radius 2 is 1.79 bits per heavy atom. The van der Waals surface area contributed by atoms with Gasteiger partial charge < -0.3 is 20.9 Å². The molecule has 0 radical (unpaired) electrons. The minimum atomic E-state index is -0.185. The fraction of sp³-hybridized carbons (Fsp3) is 0.630. The van der Waals surface area contributed by atoms with Gasteiger partial charge in [-0.15, -0.1) is 0 Å². The molecule has 1 aromatic rings. The second kappa shape index (κ2) is 17.2. The van der Waals surface area contributed by atoms with E-state index in [1.54, 1.807) is 4.90 Å². The number of unbranched alkanes of at least 4 members (excludes halogenated alkanes) is 2. The van der Waals surface area contributed by atoms with Gasteiger partial charge >= 0.3 is 0 Å². The standard InChI is InChI=1S/C27H46N4O2/c1-6-9-11-18-24(21-31(5)27(33)26(28-8-3)22(4)7-2)30-20-25(32)29-19-14-17-23-15-12-10-13-16-23/h10,12-13,15-16,18,22,26,28,30H,6-9,11,14,17,19-21H2,1-5H3,(H,29,32)/b24-18+. The first kappa shape index (κ1) is 28.7. The van der Waals surface area contributed by atoms with Gasteiger partial charge in [0.2, 0.25) is 11.8 Å². The number of nitrogens with one attached hydrogen (secondary N) is 3. The number of rotatable bonds is 17. The molecular formula is C27H46N4O2. The molecule has 0 aliphatic carbocycles. The molecule has 1 aromatic carbocycles. The monoisotopic (exact) mass is 458 g/mol. The van der Waals surface area contributed by atoms with Crippen molar-refractivity contribution in [2.45, 2.75) is 72.3 Å². The first-order chi connectivity index (χ1) is 15.9. The van der Waals surface area contributed by atoms with Crippen molar-refractivity contribution in [2.24, 2.45) is 5.92 Å². The molecule has 186 valence electrons. The summed E-state index contributed by atoms with van der Waals surface area (Å²) < 4.78 is 0. The third-order valence-corrected chi connectivity index (χ3v) is 5.92. The Morgan fingerprint density at radius 1 is 1.06 bits per heavy atom. The normalized spacial score (nSPS) is 13.3. The first-order valence-electron chi connectivity index (χ1n) is 12.6. The molecule has 0 bridgehead atoms. The number of carbonyl (C=O) groups excluding carboxylic acids is 2. The summed E-state index contributed by atoms with van der Waals surface area (Å²) in [7, 11) is 1.84. The van der Waals surface area contributed by atoms with Crippen molar-refractivity contribution < 1.29 is 9.59 Å². The molecule has 0 aliphatic rings. The van der Waals surface area contributed by atoms with E-state index in [4.69, 9.17) is 0 Å². The lowest BCUT2D eigenvalue weighted by molar-refractivity contribution is -0.133. The van der Waals surface area contributed by atoms with E-state index in [1.165, 1.54) is 5.56 Å². The summed E-state index contributed by atoms with van der Waals surface area (Å²) in [5, 5.41) is 9.60. The van der Waals surface area contributed by atoms with Crippen LogP contribution in [0, 0.1) is 5.92 Å². The highest BCUT2D eigenvalue weighted by atomic mass is 16.2. The average molecular weight is 459 g/mol. The number of benzene rings is 1. The minimum Gasteiger partial charge on any atom is -0.378 e. The van der Waals surface area contributed by atoms with Crippen LogP contribution in [-0.4, -0.2) is 56.0 Å². The van der Waals surface area contributed by atoms with E-state index in [9.17, 15) is 9.59 Å². The summed E-state index contributed by atoms with van der Waals surface area (Å²) in [5.41, 5.74) is 2.21. The maximum atomic E-state index is 13.1. The van der Waals surface area contributed by atoms with Crippen LogP contribution in [0.15, 0.2) is 42.1 Å². The van der Waals surface area contributed by atoms with Crippen LogP contribution in [0.2, 0.25) is 0 Å². The SMILES string of the molecule is CCCC/C=C(\CN(C)C(=O)C(NCC)C(C)CC)NCC(=O)NCCCc1ccccc1. The van der Waals surface area contributed by atoms with Crippen LogP contribution in [0.5, 0.6) is 0 Å². The lowest BCUT2D eigenvalue weighted by Crippen LogP contribution is -2.49. The van der Waals surface area contributed by atoms with E-state index in [0.717, 1.165) is 50.8 Å². The summed E-state index contributed by atoms with van der Waals surface area (Å²) in [6.45, 7) is 10.5. The number of aryl methyl sites for hydroxylation is 1. The van der Waals surface area contributed by atoms with Crippen molar-refractivity contribution in [2.75, 3.05) is 33.2 Å². The van der Waals surface area contributed by atoms with Crippen molar-refractivity contribution in [3.63, 3.8) is 0 Å². The molecule has 0 saturated heterocycles. The molecule has 0 aromatic heterocycles. The van der Waals surface area contributed by atoms with E-state index >= 15 is 0 Å². The molecule has 2 amide bonds. The van der Waals surface area contributed by atoms with Crippen LogP contribution in [0.25, 0.3) is 0 Å². The molecule has 3 N–H and O–H groups in total. The lowest BCUT2D eigenvalue weighted by Gasteiger charge is -2.29. The molecular weight excluding hydrogens is 412 g/mol. The predicted molar refractivity (Wildman–Crippen MR) is 138 cm³/mol. The van der Waals surface area contributed by atoms with Crippen molar-refractivity contribution in [3.8, 4) is 0 Å². The van der Waals surface area contributed by atoms with Gasteiger partial charge in [0.05, 0.1) is 19.1 Å². The minimum absolute atomic E-state index is 0.0245.